The third kappa shape index (κ3) is 1.90. The van der Waals surface area contributed by atoms with Crippen LogP contribution in [0.1, 0.15) is 39.5 Å². The molecule has 0 spiro atoms. The molecule has 0 aromatic rings. The molecular weight excluding hydrogens is 218 g/mol. The molecule has 0 aromatic carbocycles. The van der Waals surface area contributed by atoms with Crippen LogP contribution in [0.25, 0.3) is 0 Å². The number of aliphatic hydroxyl groups is 1. The topological polar surface area (TPSA) is 57.6 Å². The predicted octanol–water partition coefficient (Wildman–Crippen LogP) is 1.24. The SMILES string of the molecule is CC(C)[C@@H](CO)N1C(=O)C2=C(CCCC2)C1=O. The van der Waals surface area contributed by atoms with E-state index in [4.69, 9.17) is 0 Å². The molecule has 0 radical (unpaired) electrons. The summed E-state index contributed by atoms with van der Waals surface area (Å²) in [5.41, 5.74) is 1.39. The van der Waals surface area contributed by atoms with Gasteiger partial charge in [-0.25, -0.2) is 0 Å². The Hall–Kier alpha value is -1.16. The van der Waals surface area contributed by atoms with Gasteiger partial charge in [0.25, 0.3) is 11.8 Å². The van der Waals surface area contributed by atoms with E-state index in [1.165, 1.54) is 4.90 Å². The highest BCUT2D eigenvalue weighted by Crippen LogP contribution is 2.34. The van der Waals surface area contributed by atoms with Crippen molar-refractivity contribution in [3.63, 3.8) is 0 Å². The Morgan fingerprint density at radius 1 is 1.12 bits per heavy atom. The summed E-state index contributed by atoms with van der Waals surface area (Å²) in [4.78, 5) is 25.7. The van der Waals surface area contributed by atoms with Gasteiger partial charge in [-0.3, -0.25) is 14.5 Å². The number of carbonyl (C=O) groups is 2. The standard InChI is InChI=1S/C13H19NO3/c1-8(2)11(7-15)14-12(16)9-5-3-4-6-10(9)13(14)17/h8,11,15H,3-7H2,1-2H3/t11-/m1/s1. The average molecular weight is 237 g/mol. The molecule has 4 heteroatoms. The van der Waals surface area contributed by atoms with Crippen LogP contribution in [0, 0.1) is 5.92 Å². The maximum Gasteiger partial charge on any atom is 0.257 e. The summed E-state index contributed by atoms with van der Waals surface area (Å²) < 4.78 is 0. The van der Waals surface area contributed by atoms with Crippen molar-refractivity contribution in [1.82, 2.24) is 4.90 Å². The maximum absolute atomic E-state index is 12.2. The molecule has 0 saturated carbocycles. The fourth-order valence-electron chi connectivity index (χ4n) is 2.65. The summed E-state index contributed by atoms with van der Waals surface area (Å²) >= 11 is 0. The zero-order valence-corrected chi connectivity index (χ0v) is 10.4. The van der Waals surface area contributed by atoms with Crippen LogP contribution in [0.5, 0.6) is 0 Å². The second kappa shape index (κ2) is 4.61. The van der Waals surface area contributed by atoms with E-state index in [0.29, 0.717) is 24.0 Å². The van der Waals surface area contributed by atoms with Gasteiger partial charge in [0, 0.05) is 11.1 Å². The van der Waals surface area contributed by atoms with E-state index < -0.39 is 0 Å². The zero-order chi connectivity index (χ0) is 12.6. The van der Waals surface area contributed by atoms with Gasteiger partial charge in [-0.05, 0) is 31.6 Å². The van der Waals surface area contributed by atoms with Crippen LogP contribution in [0.15, 0.2) is 11.1 Å². The Balaban J connectivity index is 2.29. The molecule has 0 unspecified atom stereocenters. The molecule has 17 heavy (non-hydrogen) atoms. The van der Waals surface area contributed by atoms with E-state index in [0.717, 1.165) is 12.8 Å². The first-order valence-corrected chi connectivity index (χ1v) is 6.28. The molecule has 4 nitrogen and oxygen atoms in total. The van der Waals surface area contributed by atoms with Crippen LogP contribution in [0.2, 0.25) is 0 Å². The minimum absolute atomic E-state index is 0.0780. The molecule has 0 bridgehead atoms. The summed E-state index contributed by atoms with van der Waals surface area (Å²) in [6.45, 7) is 3.67. The Bertz CT molecular complexity index is 356. The van der Waals surface area contributed by atoms with Crippen molar-refractivity contribution in [2.24, 2.45) is 5.92 Å². The second-order valence-electron chi connectivity index (χ2n) is 5.14. The van der Waals surface area contributed by atoms with E-state index in [-0.39, 0.29) is 30.4 Å². The van der Waals surface area contributed by atoms with Crippen molar-refractivity contribution in [3.05, 3.63) is 11.1 Å². The van der Waals surface area contributed by atoms with Gasteiger partial charge in [0.2, 0.25) is 0 Å². The molecule has 0 saturated heterocycles. The Morgan fingerprint density at radius 3 is 1.94 bits per heavy atom. The largest absolute Gasteiger partial charge is 0.394 e. The number of aliphatic hydroxyl groups excluding tert-OH is 1. The van der Waals surface area contributed by atoms with E-state index in [1.807, 2.05) is 13.8 Å². The van der Waals surface area contributed by atoms with Crippen molar-refractivity contribution >= 4 is 11.8 Å². The number of hydrogen-bond acceptors (Lipinski definition) is 3. The molecule has 1 aliphatic heterocycles. The van der Waals surface area contributed by atoms with E-state index in [1.54, 1.807) is 0 Å². The van der Waals surface area contributed by atoms with Crippen LogP contribution >= 0.6 is 0 Å². The summed E-state index contributed by atoms with van der Waals surface area (Å²) in [6, 6.07) is -0.388. The minimum atomic E-state index is -0.388. The summed E-state index contributed by atoms with van der Waals surface area (Å²) in [6.07, 6.45) is 3.40. The lowest BCUT2D eigenvalue weighted by atomic mass is 9.93. The molecule has 2 rings (SSSR count). The number of amides is 2. The van der Waals surface area contributed by atoms with Crippen molar-refractivity contribution < 1.29 is 14.7 Å². The molecule has 0 fully saturated rings. The minimum Gasteiger partial charge on any atom is -0.394 e. The normalized spacial score (nSPS) is 22.5. The third-order valence-corrected chi connectivity index (χ3v) is 3.71. The summed E-state index contributed by atoms with van der Waals surface area (Å²) in [7, 11) is 0. The van der Waals surface area contributed by atoms with Crippen LogP contribution in [0.3, 0.4) is 0 Å². The lowest BCUT2D eigenvalue weighted by Crippen LogP contribution is -2.46. The first-order valence-electron chi connectivity index (χ1n) is 6.28. The first-order chi connectivity index (χ1) is 8.07. The van der Waals surface area contributed by atoms with Gasteiger partial charge >= 0.3 is 0 Å². The number of carbonyl (C=O) groups excluding carboxylic acids is 2. The molecule has 94 valence electrons. The van der Waals surface area contributed by atoms with Crippen LogP contribution in [-0.4, -0.2) is 34.5 Å². The van der Waals surface area contributed by atoms with Gasteiger partial charge < -0.3 is 5.11 Å². The number of hydrogen-bond donors (Lipinski definition) is 1. The fourth-order valence-corrected chi connectivity index (χ4v) is 2.65. The highest BCUT2D eigenvalue weighted by molar-refractivity contribution is 6.19. The molecule has 1 heterocycles. The van der Waals surface area contributed by atoms with Crippen LogP contribution in [0.4, 0.5) is 0 Å². The van der Waals surface area contributed by atoms with Crippen LogP contribution < -0.4 is 0 Å². The number of imide groups is 1. The first kappa shape index (κ1) is 12.3. The molecule has 2 aliphatic rings. The Labute approximate surface area is 101 Å². The lowest BCUT2D eigenvalue weighted by molar-refractivity contribution is -0.142. The smallest absolute Gasteiger partial charge is 0.257 e. The van der Waals surface area contributed by atoms with E-state index >= 15 is 0 Å². The van der Waals surface area contributed by atoms with Crippen molar-refractivity contribution in [3.8, 4) is 0 Å². The van der Waals surface area contributed by atoms with Crippen LogP contribution in [-0.2, 0) is 9.59 Å². The molecule has 0 aromatic heterocycles. The van der Waals surface area contributed by atoms with Crippen molar-refractivity contribution in [2.45, 2.75) is 45.6 Å². The maximum atomic E-state index is 12.2. The quantitative estimate of drug-likeness (QED) is 0.751. The third-order valence-electron chi connectivity index (χ3n) is 3.71. The Morgan fingerprint density at radius 2 is 1.59 bits per heavy atom. The average Bonchev–Trinajstić information content (AvgIpc) is 2.56. The molecule has 1 N–H and O–H groups in total. The van der Waals surface area contributed by atoms with Gasteiger partial charge in [-0.15, -0.1) is 0 Å². The lowest BCUT2D eigenvalue weighted by Gasteiger charge is -2.28. The van der Waals surface area contributed by atoms with E-state index in [2.05, 4.69) is 0 Å². The zero-order valence-electron chi connectivity index (χ0n) is 10.4. The van der Waals surface area contributed by atoms with Crippen molar-refractivity contribution in [1.29, 1.82) is 0 Å². The van der Waals surface area contributed by atoms with Gasteiger partial charge in [-0.1, -0.05) is 13.8 Å². The van der Waals surface area contributed by atoms with Gasteiger partial charge in [0.15, 0.2) is 0 Å². The highest BCUT2D eigenvalue weighted by Gasteiger charge is 2.42. The summed E-state index contributed by atoms with van der Waals surface area (Å²) in [5.74, 6) is -0.260. The monoisotopic (exact) mass is 237 g/mol. The van der Waals surface area contributed by atoms with Gasteiger partial charge in [0.05, 0.1) is 12.6 Å². The number of nitrogens with zero attached hydrogens (tertiary/aromatic N) is 1. The molecular formula is C13H19NO3. The molecule has 1 aliphatic carbocycles. The molecule has 2 amide bonds. The molecule has 1 atom stereocenters. The van der Waals surface area contributed by atoms with Gasteiger partial charge in [-0.2, -0.15) is 0 Å². The second-order valence-corrected chi connectivity index (χ2v) is 5.14. The van der Waals surface area contributed by atoms with Gasteiger partial charge in [0.1, 0.15) is 0 Å². The predicted molar refractivity (Wildman–Crippen MR) is 63.1 cm³/mol. The number of rotatable bonds is 3. The highest BCUT2D eigenvalue weighted by atomic mass is 16.3. The van der Waals surface area contributed by atoms with Crippen molar-refractivity contribution in [2.75, 3.05) is 6.61 Å². The van der Waals surface area contributed by atoms with E-state index in [9.17, 15) is 14.7 Å². The summed E-state index contributed by atoms with van der Waals surface area (Å²) in [5, 5.41) is 9.36. The Kier molecular flexibility index (Phi) is 3.33. The fraction of sp³-hybridized carbons (Fsp3) is 0.692.